The molecule has 2 aliphatic rings. The summed E-state index contributed by atoms with van der Waals surface area (Å²) in [5, 5.41) is 7.30. The third kappa shape index (κ3) is 5.11. The van der Waals surface area contributed by atoms with Crippen LogP contribution in [0.15, 0.2) is 42.5 Å². The number of fused-ring (bicyclic) bond motifs is 1. The number of amides is 2. The van der Waals surface area contributed by atoms with Gasteiger partial charge in [0.2, 0.25) is 11.8 Å². The smallest absolute Gasteiger partial charge is 0.227 e. The molecule has 2 aliphatic carbocycles. The van der Waals surface area contributed by atoms with Gasteiger partial charge in [-0.1, -0.05) is 18.9 Å². The molecule has 0 atom stereocenters. The molecule has 2 N–H and O–H groups in total. The molecule has 172 valence electrons. The Kier molecular flexibility index (Phi) is 6.45. The van der Waals surface area contributed by atoms with Gasteiger partial charge in [-0.25, -0.2) is 4.98 Å². The van der Waals surface area contributed by atoms with E-state index in [-0.39, 0.29) is 29.7 Å². The highest BCUT2D eigenvalue weighted by Crippen LogP contribution is 2.32. The van der Waals surface area contributed by atoms with E-state index in [0.29, 0.717) is 0 Å². The zero-order chi connectivity index (χ0) is 22.8. The lowest BCUT2D eigenvalue weighted by molar-refractivity contribution is -0.125. The SMILES string of the molecule is Cc1ccc2nc(-c3ccc(NC(=O)C4CCC(NC(=O)C5CCCC5)CC4)cc3)sc2c1. The summed E-state index contributed by atoms with van der Waals surface area (Å²) in [7, 11) is 0. The fourth-order valence-corrected chi connectivity index (χ4v) is 6.17. The van der Waals surface area contributed by atoms with Crippen LogP contribution in [0.25, 0.3) is 20.8 Å². The maximum absolute atomic E-state index is 12.8. The predicted molar refractivity (Wildman–Crippen MR) is 134 cm³/mol. The quantitative estimate of drug-likeness (QED) is 0.484. The van der Waals surface area contributed by atoms with Crippen LogP contribution in [0.3, 0.4) is 0 Å². The summed E-state index contributed by atoms with van der Waals surface area (Å²) in [6.45, 7) is 2.09. The van der Waals surface area contributed by atoms with Crippen molar-refractivity contribution in [1.29, 1.82) is 0 Å². The highest BCUT2D eigenvalue weighted by molar-refractivity contribution is 7.21. The van der Waals surface area contributed by atoms with Crippen molar-refractivity contribution >= 4 is 39.1 Å². The van der Waals surface area contributed by atoms with E-state index in [4.69, 9.17) is 4.98 Å². The van der Waals surface area contributed by atoms with Crippen molar-refractivity contribution in [2.75, 3.05) is 5.32 Å². The van der Waals surface area contributed by atoms with Gasteiger partial charge in [-0.3, -0.25) is 9.59 Å². The van der Waals surface area contributed by atoms with E-state index in [9.17, 15) is 9.59 Å². The van der Waals surface area contributed by atoms with Crippen LogP contribution < -0.4 is 10.6 Å². The van der Waals surface area contributed by atoms with Crippen molar-refractivity contribution in [3.8, 4) is 10.6 Å². The van der Waals surface area contributed by atoms with E-state index in [1.54, 1.807) is 11.3 Å². The number of rotatable bonds is 5. The summed E-state index contributed by atoms with van der Waals surface area (Å²) in [6.07, 6.45) is 7.81. The van der Waals surface area contributed by atoms with Crippen LogP contribution in [0.2, 0.25) is 0 Å². The summed E-state index contributed by atoms with van der Waals surface area (Å²) in [4.78, 5) is 29.9. The lowest BCUT2D eigenvalue weighted by Gasteiger charge is -2.29. The summed E-state index contributed by atoms with van der Waals surface area (Å²) in [5.41, 5.74) is 4.14. The van der Waals surface area contributed by atoms with Crippen molar-refractivity contribution in [3.05, 3.63) is 48.0 Å². The van der Waals surface area contributed by atoms with Crippen LogP contribution in [-0.4, -0.2) is 22.8 Å². The Bertz CT molecular complexity index is 1140. The molecule has 5 nitrogen and oxygen atoms in total. The number of hydrogen-bond donors (Lipinski definition) is 2. The minimum atomic E-state index is 0.0109. The molecule has 0 aliphatic heterocycles. The molecule has 2 saturated carbocycles. The van der Waals surface area contributed by atoms with Gasteiger partial charge in [0.15, 0.2) is 0 Å². The van der Waals surface area contributed by atoms with Gasteiger partial charge in [0.1, 0.15) is 5.01 Å². The topological polar surface area (TPSA) is 71.1 Å². The van der Waals surface area contributed by atoms with Gasteiger partial charge in [-0.2, -0.15) is 0 Å². The fraction of sp³-hybridized carbons (Fsp3) is 0.444. The Morgan fingerprint density at radius 1 is 0.879 bits per heavy atom. The molecule has 0 bridgehead atoms. The van der Waals surface area contributed by atoms with Crippen molar-refractivity contribution in [3.63, 3.8) is 0 Å². The molecule has 3 aromatic rings. The van der Waals surface area contributed by atoms with Gasteiger partial charge in [-0.05, 0) is 87.4 Å². The number of anilines is 1. The first-order chi connectivity index (χ1) is 16.0. The maximum atomic E-state index is 12.8. The van der Waals surface area contributed by atoms with E-state index >= 15 is 0 Å². The first kappa shape index (κ1) is 22.1. The first-order valence-electron chi connectivity index (χ1n) is 12.1. The lowest BCUT2D eigenvalue weighted by atomic mass is 9.85. The van der Waals surface area contributed by atoms with Crippen LogP contribution in [-0.2, 0) is 9.59 Å². The average Bonchev–Trinajstić information content (AvgIpc) is 3.50. The lowest BCUT2D eigenvalue weighted by Crippen LogP contribution is -2.41. The second-order valence-corrected chi connectivity index (χ2v) is 10.6. The van der Waals surface area contributed by atoms with Crippen LogP contribution >= 0.6 is 11.3 Å². The Hall–Kier alpha value is -2.73. The predicted octanol–water partition coefficient (Wildman–Crippen LogP) is 6.08. The molecule has 1 aromatic heterocycles. The number of thiazole rings is 1. The second kappa shape index (κ2) is 9.64. The number of nitrogens with one attached hydrogen (secondary N) is 2. The van der Waals surface area contributed by atoms with Crippen LogP contribution in [0.4, 0.5) is 5.69 Å². The Balaban J connectivity index is 1.14. The molecular formula is C27H31N3O2S. The fourth-order valence-electron chi connectivity index (χ4n) is 5.10. The van der Waals surface area contributed by atoms with E-state index < -0.39 is 0 Å². The molecule has 0 radical (unpaired) electrons. The van der Waals surface area contributed by atoms with Crippen molar-refractivity contribution in [1.82, 2.24) is 10.3 Å². The van der Waals surface area contributed by atoms with Gasteiger partial charge in [0.05, 0.1) is 10.2 Å². The maximum Gasteiger partial charge on any atom is 0.227 e. The number of benzene rings is 2. The number of aromatic nitrogens is 1. The van der Waals surface area contributed by atoms with E-state index in [0.717, 1.165) is 60.3 Å². The summed E-state index contributed by atoms with van der Waals surface area (Å²) in [6, 6.07) is 14.5. The van der Waals surface area contributed by atoms with Gasteiger partial charge in [0.25, 0.3) is 0 Å². The van der Waals surface area contributed by atoms with Crippen LogP contribution in [0.5, 0.6) is 0 Å². The van der Waals surface area contributed by atoms with Crippen LogP contribution in [0, 0.1) is 18.8 Å². The first-order valence-corrected chi connectivity index (χ1v) is 13.0. The van der Waals surface area contributed by atoms with Gasteiger partial charge < -0.3 is 10.6 Å². The zero-order valence-electron chi connectivity index (χ0n) is 19.1. The average molecular weight is 462 g/mol. The van der Waals surface area contributed by atoms with Crippen LogP contribution in [0.1, 0.15) is 56.9 Å². The molecule has 0 saturated heterocycles. The number of aryl methyl sites for hydroxylation is 1. The van der Waals surface area contributed by atoms with E-state index in [1.807, 2.05) is 24.3 Å². The number of carbonyl (C=O) groups is 2. The van der Waals surface area contributed by atoms with E-state index in [1.165, 1.54) is 23.1 Å². The Labute approximate surface area is 199 Å². The largest absolute Gasteiger partial charge is 0.353 e. The molecule has 2 aromatic carbocycles. The number of hydrogen-bond acceptors (Lipinski definition) is 4. The molecule has 6 heteroatoms. The monoisotopic (exact) mass is 461 g/mol. The summed E-state index contributed by atoms with van der Waals surface area (Å²) < 4.78 is 1.19. The van der Waals surface area contributed by atoms with Crippen molar-refractivity contribution in [2.24, 2.45) is 11.8 Å². The number of nitrogens with zero attached hydrogens (tertiary/aromatic N) is 1. The number of carbonyl (C=O) groups excluding carboxylic acids is 2. The van der Waals surface area contributed by atoms with Crippen molar-refractivity contribution in [2.45, 2.75) is 64.3 Å². The third-order valence-corrected chi connectivity index (χ3v) is 8.18. The third-order valence-electron chi connectivity index (χ3n) is 7.11. The van der Waals surface area contributed by atoms with Crippen molar-refractivity contribution < 1.29 is 9.59 Å². The molecule has 1 heterocycles. The zero-order valence-corrected chi connectivity index (χ0v) is 19.9. The second-order valence-electron chi connectivity index (χ2n) is 9.60. The molecular weight excluding hydrogens is 430 g/mol. The molecule has 33 heavy (non-hydrogen) atoms. The molecule has 2 amide bonds. The standard InChI is InChI=1S/C27H31N3O2S/c1-17-6-15-23-24(16-17)33-27(30-23)20-9-13-22(14-10-20)29-26(32)19-7-11-21(12-8-19)28-25(31)18-4-2-3-5-18/h6,9-10,13-16,18-19,21H,2-5,7-8,11-12H2,1H3,(H,28,31)(H,29,32). The Morgan fingerprint density at radius 3 is 2.30 bits per heavy atom. The normalized spacial score (nSPS) is 21.2. The minimum Gasteiger partial charge on any atom is -0.353 e. The highest BCUT2D eigenvalue weighted by atomic mass is 32.1. The van der Waals surface area contributed by atoms with Gasteiger partial charge >= 0.3 is 0 Å². The molecule has 5 rings (SSSR count). The molecule has 2 fully saturated rings. The highest BCUT2D eigenvalue weighted by Gasteiger charge is 2.29. The summed E-state index contributed by atoms with van der Waals surface area (Å²) >= 11 is 1.69. The van der Waals surface area contributed by atoms with Gasteiger partial charge in [-0.15, -0.1) is 11.3 Å². The van der Waals surface area contributed by atoms with E-state index in [2.05, 4.69) is 35.8 Å². The Morgan fingerprint density at radius 2 is 1.58 bits per heavy atom. The minimum absolute atomic E-state index is 0.0109. The molecule has 0 spiro atoms. The van der Waals surface area contributed by atoms with Gasteiger partial charge in [0, 0.05) is 29.1 Å². The summed E-state index contributed by atoms with van der Waals surface area (Å²) in [5.74, 6) is 0.528. The molecule has 0 unspecified atom stereocenters.